The molecule has 3 rings (SSSR count). The average Bonchev–Trinajstić information content (AvgIpc) is 2.88. The number of hydrogen-bond acceptors (Lipinski definition) is 3. The minimum absolute atomic E-state index is 0.0369. The standard InChI is InChI=1S/C12H9Cl2NO3/c13-12(14)5-7(12)6-18-15-10(16)8-3-1-2-4-9(8)11(15)17/h1-4,7H,5-6H2. The normalized spacial score (nSPS) is 24.3. The number of nitrogens with zero attached hydrogens (tertiary/aromatic N) is 1. The van der Waals surface area contributed by atoms with E-state index in [4.69, 9.17) is 28.0 Å². The van der Waals surface area contributed by atoms with Gasteiger partial charge < -0.3 is 0 Å². The molecule has 1 aliphatic heterocycles. The van der Waals surface area contributed by atoms with Gasteiger partial charge in [0.05, 0.1) is 17.7 Å². The molecule has 0 saturated heterocycles. The van der Waals surface area contributed by atoms with Crippen LogP contribution >= 0.6 is 23.2 Å². The maximum Gasteiger partial charge on any atom is 0.285 e. The molecule has 4 nitrogen and oxygen atoms in total. The summed E-state index contributed by atoms with van der Waals surface area (Å²) in [6, 6.07) is 6.61. The van der Waals surface area contributed by atoms with Crippen molar-refractivity contribution in [3.05, 3.63) is 35.4 Å². The molecule has 6 heteroatoms. The number of hydroxylamine groups is 2. The van der Waals surface area contributed by atoms with E-state index < -0.39 is 16.1 Å². The van der Waals surface area contributed by atoms with Gasteiger partial charge in [-0.1, -0.05) is 12.1 Å². The van der Waals surface area contributed by atoms with Crippen molar-refractivity contribution in [1.29, 1.82) is 0 Å². The Kier molecular flexibility index (Phi) is 2.62. The molecule has 1 aromatic rings. The molecule has 1 atom stereocenters. The van der Waals surface area contributed by atoms with Gasteiger partial charge in [0, 0.05) is 5.92 Å². The summed E-state index contributed by atoms with van der Waals surface area (Å²) in [5.74, 6) is -0.915. The molecular weight excluding hydrogens is 277 g/mol. The first kappa shape index (κ1) is 12.0. The van der Waals surface area contributed by atoms with Crippen molar-refractivity contribution in [1.82, 2.24) is 5.06 Å². The van der Waals surface area contributed by atoms with Crippen LogP contribution in [0, 0.1) is 5.92 Å². The van der Waals surface area contributed by atoms with Crippen molar-refractivity contribution in [3.63, 3.8) is 0 Å². The van der Waals surface area contributed by atoms with Gasteiger partial charge in [0.25, 0.3) is 11.8 Å². The molecule has 0 N–H and O–H groups in total. The zero-order chi connectivity index (χ0) is 12.9. The SMILES string of the molecule is O=C1c2ccccc2C(=O)N1OCC1CC1(Cl)Cl. The number of benzene rings is 1. The highest BCUT2D eigenvalue weighted by molar-refractivity contribution is 6.50. The summed E-state index contributed by atoms with van der Waals surface area (Å²) in [4.78, 5) is 29.1. The lowest BCUT2D eigenvalue weighted by Crippen LogP contribution is -2.31. The molecule has 1 aromatic carbocycles. The monoisotopic (exact) mass is 285 g/mol. The molecule has 0 aromatic heterocycles. The second kappa shape index (κ2) is 3.95. The maximum atomic E-state index is 11.9. The summed E-state index contributed by atoms with van der Waals surface area (Å²) in [5.41, 5.74) is 0.725. The third kappa shape index (κ3) is 1.81. The molecule has 0 spiro atoms. The summed E-state index contributed by atoms with van der Waals surface area (Å²) in [6.45, 7) is 0.165. The van der Waals surface area contributed by atoms with Gasteiger partial charge in [0.1, 0.15) is 4.33 Å². The Hall–Kier alpha value is -1.10. The Morgan fingerprint density at radius 2 is 1.72 bits per heavy atom. The zero-order valence-electron chi connectivity index (χ0n) is 9.23. The van der Waals surface area contributed by atoms with Gasteiger partial charge in [-0.3, -0.25) is 14.4 Å². The number of imide groups is 1. The second-order valence-corrected chi connectivity index (χ2v) is 5.95. The van der Waals surface area contributed by atoms with E-state index in [1.54, 1.807) is 24.3 Å². The number of carbonyl (C=O) groups is 2. The minimum Gasteiger partial charge on any atom is -0.266 e. The summed E-state index contributed by atoms with van der Waals surface area (Å²) in [5, 5.41) is 0.785. The summed E-state index contributed by atoms with van der Waals surface area (Å²) in [6.07, 6.45) is 0.610. The highest BCUT2D eigenvalue weighted by Crippen LogP contribution is 2.53. The van der Waals surface area contributed by atoms with Crippen LogP contribution in [0.5, 0.6) is 0 Å². The molecule has 18 heavy (non-hydrogen) atoms. The molecule has 0 radical (unpaired) electrons. The van der Waals surface area contributed by atoms with Crippen molar-refractivity contribution in [3.8, 4) is 0 Å². The average molecular weight is 286 g/mol. The van der Waals surface area contributed by atoms with Gasteiger partial charge in [0.2, 0.25) is 0 Å². The van der Waals surface area contributed by atoms with Crippen LogP contribution in [0.25, 0.3) is 0 Å². The van der Waals surface area contributed by atoms with E-state index >= 15 is 0 Å². The molecule has 2 aliphatic rings. The van der Waals surface area contributed by atoms with Crippen molar-refractivity contribution in [2.75, 3.05) is 6.61 Å². The van der Waals surface area contributed by atoms with Crippen LogP contribution in [-0.2, 0) is 4.84 Å². The quantitative estimate of drug-likeness (QED) is 0.633. The van der Waals surface area contributed by atoms with Crippen molar-refractivity contribution in [2.45, 2.75) is 10.8 Å². The zero-order valence-corrected chi connectivity index (χ0v) is 10.7. The summed E-state index contributed by atoms with van der Waals surface area (Å²) >= 11 is 11.7. The van der Waals surface area contributed by atoms with Crippen LogP contribution in [0.3, 0.4) is 0 Å². The van der Waals surface area contributed by atoms with Crippen LogP contribution in [0.15, 0.2) is 24.3 Å². The lowest BCUT2D eigenvalue weighted by Gasteiger charge is -2.13. The first-order chi connectivity index (χ1) is 8.50. The number of hydrogen-bond donors (Lipinski definition) is 0. The second-order valence-electron chi connectivity index (χ2n) is 4.41. The first-order valence-electron chi connectivity index (χ1n) is 5.49. The lowest BCUT2D eigenvalue weighted by molar-refractivity contribution is -0.0951. The molecule has 1 fully saturated rings. The molecule has 1 unspecified atom stereocenters. The molecule has 2 amide bonds. The Balaban J connectivity index is 1.72. The fourth-order valence-corrected chi connectivity index (χ4v) is 2.40. The van der Waals surface area contributed by atoms with Gasteiger partial charge in [-0.2, -0.15) is 0 Å². The van der Waals surface area contributed by atoms with Crippen LogP contribution < -0.4 is 0 Å². The van der Waals surface area contributed by atoms with Crippen LogP contribution in [-0.4, -0.2) is 27.8 Å². The van der Waals surface area contributed by atoms with Gasteiger partial charge in [-0.15, -0.1) is 28.3 Å². The largest absolute Gasteiger partial charge is 0.285 e. The number of amides is 2. The van der Waals surface area contributed by atoms with Gasteiger partial charge in [0.15, 0.2) is 0 Å². The number of carbonyl (C=O) groups excluding carboxylic acids is 2. The predicted molar refractivity (Wildman–Crippen MR) is 65.4 cm³/mol. The van der Waals surface area contributed by atoms with Gasteiger partial charge in [-0.05, 0) is 18.6 Å². The minimum atomic E-state index is -0.779. The van der Waals surface area contributed by atoms with Crippen molar-refractivity contribution in [2.24, 2.45) is 5.92 Å². The smallest absolute Gasteiger partial charge is 0.266 e. The van der Waals surface area contributed by atoms with Gasteiger partial charge >= 0.3 is 0 Å². The predicted octanol–water partition coefficient (Wildman–Crippen LogP) is 2.41. The molecule has 94 valence electrons. The van der Waals surface area contributed by atoms with E-state index in [2.05, 4.69) is 0 Å². The molecule has 0 bridgehead atoms. The Morgan fingerprint density at radius 3 is 2.17 bits per heavy atom. The number of fused-ring (bicyclic) bond motifs is 1. The van der Waals surface area contributed by atoms with Crippen LogP contribution in [0.1, 0.15) is 27.1 Å². The third-order valence-electron chi connectivity index (χ3n) is 3.12. The highest BCUT2D eigenvalue weighted by atomic mass is 35.5. The first-order valence-corrected chi connectivity index (χ1v) is 6.25. The number of halogens is 2. The van der Waals surface area contributed by atoms with Crippen molar-refractivity contribution >= 4 is 35.0 Å². The summed E-state index contributed by atoms with van der Waals surface area (Å²) in [7, 11) is 0. The van der Waals surface area contributed by atoms with Crippen LogP contribution in [0.4, 0.5) is 0 Å². The highest BCUT2D eigenvalue weighted by Gasteiger charge is 2.52. The molecule has 1 heterocycles. The Labute approximate surface area is 113 Å². The maximum absolute atomic E-state index is 11.9. The molecular formula is C12H9Cl2NO3. The molecule has 1 aliphatic carbocycles. The Bertz CT molecular complexity index is 509. The lowest BCUT2D eigenvalue weighted by atomic mass is 10.1. The molecule has 1 saturated carbocycles. The van der Waals surface area contributed by atoms with E-state index in [-0.39, 0.29) is 12.5 Å². The fourth-order valence-electron chi connectivity index (χ4n) is 1.90. The summed E-state index contributed by atoms with van der Waals surface area (Å²) < 4.78 is -0.779. The third-order valence-corrected chi connectivity index (χ3v) is 4.04. The number of rotatable bonds is 3. The van der Waals surface area contributed by atoms with E-state index in [1.807, 2.05) is 0 Å². The topological polar surface area (TPSA) is 46.6 Å². The van der Waals surface area contributed by atoms with E-state index in [0.29, 0.717) is 17.5 Å². The Morgan fingerprint density at radius 1 is 1.22 bits per heavy atom. The van der Waals surface area contributed by atoms with E-state index in [9.17, 15) is 9.59 Å². The number of alkyl halides is 2. The van der Waals surface area contributed by atoms with Gasteiger partial charge in [-0.25, -0.2) is 0 Å². The van der Waals surface area contributed by atoms with Crippen LogP contribution in [0.2, 0.25) is 0 Å². The van der Waals surface area contributed by atoms with E-state index in [0.717, 1.165) is 5.06 Å². The van der Waals surface area contributed by atoms with E-state index in [1.165, 1.54) is 0 Å². The van der Waals surface area contributed by atoms with Crippen molar-refractivity contribution < 1.29 is 14.4 Å². The fraction of sp³-hybridized carbons (Fsp3) is 0.333.